The van der Waals surface area contributed by atoms with Gasteiger partial charge in [-0.3, -0.25) is 4.79 Å². The molecule has 108 valence electrons. The highest BCUT2D eigenvalue weighted by Gasteiger charge is 2.49. The van der Waals surface area contributed by atoms with Gasteiger partial charge in [0.05, 0.1) is 5.41 Å². The zero-order chi connectivity index (χ0) is 14.3. The number of hydrogen-bond acceptors (Lipinski definition) is 3. The molecule has 0 aromatic heterocycles. The van der Waals surface area contributed by atoms with Crippen LogP contribution in [0.2, 0.25) is 0 Å². The maximum atomic E-state index is 12.1. The number of carbonyl (C=O) groups is 2. The Balaban J connectivity index is 2.05. The van der Waals surface area contributed by atoms with Gasteiger partial charge in [-0.05, 0) is 47.0 Å². The van der Waals surface area contributed by atoms with Crippen molar-refractivity contribution in [2.24, 2.45) is 5.41 Å². The zero-order valence-electron chi connectivity index (χ0n) is 12.3. The second-order valence-electron chi connectivity index (χ2n) is 6.86. The van der Waals surface area contributed by atoms with E-state index in [-0.39, 0.29) is 18.0 Å². The Morgan fingerprint density at radius 3 is 2.68 bits per heavy atom. The lowest BCUT2D eigenvalue weighted by molar-refractivity contribution is -0.130. The van der Waals surface area contributed by atoms with Gasteiger partial charge in [0.25, 0.3) is 0 Å². The van der Waals surface area contributed by atoms with Crippen LogP contribution in [0.15, 0.2) is 0 Å². The van der Waals surface area contributed by atoms with Gasteiger partial charge >= 0.3 is 6.09 Å². The van der Waals surface area contributed by atoms with E-state index in [1.807, 2.05) is 27.7 Å². The standard InChI is InChI=1S/C14H24N2O3/c1-10-8-14(11(17)15-10)6-5-7-16(9-14)12(18)19-13(2,3)4/h10H,5-9H2,1-4H3,(H,15,17). The first kappa shape index (κ1) is 14.2. The summed E-state index contributed by atoms with van der Waals surface area (Å²) >= 11 is 0. The number of rotatable bonds is 0. The van der Waals surface area contributed by atoms with Gasteiger partial charge in [0.15, 0.2) is 0 Å². The topological polar surface area (TPSA) is 58.6 Å². The minimum absolute atomic E-state index is 0.0910. The maximum Gasteiger partial charge on any atom is 0.410 e. The number of piperidine rings is 1. The predicted molar refractivity (Wildman–Crippen MR) is 71.7 cm³/mol. The van der Waals surface area contributed by atoms with Gasteiger partial charge in [0.1, 0.15) is 5.60 Å². The highest BCUT2D eigenvalue weighted by atomic mass is 16.6. The Labute approximate surface area is 114 Å². The van der Waals surface area contributed by atoms with Crippen LogP contribution in [0.1, 0.15) is 47.0 Å². The third kappa shape index (κ3) is 3.01. The van der Waals surface area contributed by atoms with Crippen molar-refractivity contribution in [2.45, 2.75) is 58.6 Å². The fourth-order valence-corrected chi connectivity index (χ4v) is 3.07. The minimum atomic E-state index is -0.493. The molecule has 2 saturated heterocycles. The van der Waals surface area contributed by atoms with Gasteiger partial charge in [-0.1, -0.05) is 0 Å². The lowest BCUT2D eigenvalue weighted by atomic mass is 9.77. The Hall–Kier alpha value is -1.26. The summed E-state index contributed by atoms with van der Waals surface area (Å²) < 4.78 is 5.40. The van der Waals surface area contributed by atoms with Gasteiger partial charge < -0.3 is 15.0 Å². The lowest BCUT2D eigenvalue weighted by Gasteiger charge is -2.38. The molecule has 1 spiro atoms. The van der Waals surface area contributed by atoms with Crippen LogP contribution in [-0.2, 0) is 9.53 Å². The summed E-state index contributed by atoms with van der Waals surface area (Å²) in [6.07, 6.45) is 2.23. The van der Waals surface area contributed by atoms with E-state index in [4.69, 9.17) is 4.74 Å². The Morgan fingerprint density at radius 1 is 1.47 bits per heavy atom. The van der Waals surface area contributed by atoms with Gasteiger partial charge in [-0.2, -0.15) is 0 Å². The second kappa shape index (κ2) is 4.69. The van der Waals surface area contributed by atoms with E-state index in [0.717, 1.165) is 19.3 Å². The summed E-state index contributed by atoms with van der Waals surface area (Å²) in [5.41, 5.74) is -0.887. The third-order valence-electron chi connectivity index (χ3n) is 3.78. The summed E-state index contributed by atoms with van der Waals surface area (Å²) in [7, 11) is 0. The molecule has 0 aliphatic carbocycles. The van der Waals surface area contributed by atoms with E-state index in [1.165, 1.54) is 0 Å². The molecule has 0 saturated carbocycles. The molecule has 5 heteroatoms. The average Bonchev–Trinajstić information content (AvgIpc) is 2.51. The smallest absolute Gasteiger partial charge is 0.410 e. The molecule has 0 aromatic carbocycles. The molecule has 2 heterocycles. The number of carbonyl (C=O) groups excluding carboxylic acids is 2. The molecule has 5 nitrogen and oxygen atoms in total. The van der Waals surface area contributed by atoms with Crippen LogP contribution in [-0.4, -0.2) is 41.6 Å². The highest BCUT2D eigenvalue weighted by molar-refractivity contribution is 5.86. The highest BCUT2D eigenvalue weighted by Crippen LogP contribution is 2.39. The van der Waals surface area contributed by atoms with Crippen molar-refractivity contribution in [3.05, 3.63) is 0 Å². The molecule has 0 bridgehead atoms. The van der Waals surface area contributed by atoms with Gasteiger partial charge in [-0.25, -0.2) is 4.79 Å². The molecule has 19 heavy (non-hydrogen) atoms. The summed E-state index contributed by atoms with van der Waals surface area (Å²) in [6.45, 7) is 8.74. The summed E-state index contributed by atoms with van der Waals surface area (Å²) in [6, 6.07) is 0.200. The van der Waals surface area contributed by atoms with E-state index in [9.17, 15) is 9.59 Å². The number of ether oxygens (including phenoxy) is 1. The maximum absolute atomic E-state index is 12.1. The van der Waals surface area contributed by atoms with Crippen molar-refractivity contribution in [1.82, 2.24) is 10.2 Å². The van der Waals surface area contributed by atoms with Crippen LogP contribution >= 0.6 is 0 Å². The first-order valence-corrected chi connectivity index (χ1v) is 7.01. The largest absolute Gasteiger partial charge is 0.444 e. The molecule has 2 aliphatic rings. The SMILES string of the molecule is CC1CC2(CCCN(C(=O)OC(C)(C)C)C2)C(=O)N1. The summed E-state index contributed by atoms with van der Waals surface area (Å²) in [5.74, 6) is 0.0910. The molecule has 1 N–H and O–H groups in total. The van der Waals surface area contributed by atoms with E-state index in [0.29, 0.717) is 13.1 Å². The lowest BCUT2D eigenvalue weighted by Crippen LogP contribution is -2.50. The van der Waals surface area contributed by atoms with Crippen LogP contribution in [0.4, 0.5) is 4.79 Å². The predicted octanol–water partition coefficient (Wildman–Crippen LogP) is 1.91. The van der Waals surface area contributed by atoms with Crippen molar-refractivity contribution >= 4 is 12.0 Å². The first-order valence-electron chi connectivity index (χ1n) is 7.01. The van der Waals surface area contributed by atoms with Crippen LogP contribution in [0.5, 0.6) is 0 Å². The second-order valence-corrected chi connectivity index (χ2v) is 6.86. The minimum Gasteiger partial charge on any atom is -0.444 e. The number of hydrogen-bond donors (Lipinski definition) is 1. The molecule has 2 rings (SSSR count). The van der Waals surface area contributed by atoms with Crippen molar-refractivity contribution in [1.29, 1.82) is 0 Å². The van der Waals surface area contributed by atoms with E-state index < -0.39 is 11.0 Å². The first-order chi connectivity index (χ1) is 8.72. The van der Waals surface area contributed by atoms with Crippen molar-refractivity contribution < 1.29 is 14.3 Å². The molecule has 0 radical (unpaired) electrons. The summed E-state index contributed by atoms with van der Waals surface area (Å²) in [5, 5.41) is 2.97. The van der Waals surface area contributed by atoms with Crippen LogP contribution in [0.25, 0.3) is 0 Å². The number of likely N-dealkylation sites (tertiary alicyclic amines) is 1. The third-order valence-corrected chi connectivity index (χ3v) is 3.78. The molecule has 0 aromatic rings. The Bertz CT molecular complexity index is 389. The fraction of sp³-hybridized carbons (Fsp3) is 0.857. The normalized spacial score (nSPS) is 31.5. The van der Waals surface area contributed by atoms with Gasteiger partial charge in [0, 0.05) is 19.1 Å². The van der Waals surface area contributed by atoms with Gasteiger partial charge in [-0.15, -0.1) is 0 Å². The number of nitrogens with zero attached hydrogens (tertiary/aromatic N) is 1. The van der Waals surface area contributed by atoms with E-state index in [1.54, 1.807) is 4.90 Å². The van der Waals surface area contributed by atoms with Crippen molar-refractivity contribution in [3.8, 4) is 0 Å². The van der Waals surface area contributed by atoms with E-state index >= 15 is 0 Å². The zero-order valence-corrected chi connectivity index (χ0v) is 12.3. The quantitative estimate of drug-likeness (QED) is 0.730. The van der Waals surface area contributed by atoms with Crippen molar-refractivity contribution in [3.63, 3.8) is 0 Å². The number of nitrogens with one attached hydrogen (secondary N) is 1. The average molecular weight is 268 g/mol. The molecule has 2 amide bonds. The van der Waals surface area contributed by atoms with Crippen LogP contribution in [0, 0.1) is 5.41 Å². The number of amides is 2. The summed E-state index contributed by atoms with van der Waals surface area (Å²) in [4.78, 5) is 25.9. The monoisotopic (exact) mass is 268 g/mol. The van der Waals surface area contributed by atoms with Crippen LogP contribution < -0.4 is 5.32 Å². The molecule has 2 aliphatic heterocycles. The van der Waals surface area contributed by atoms with Crippen LogP contribution in [0.3, 0.4) is 0 Å². The molecular formula is C14H24N2O3. The van der Waals surface area contributed by atoms with E-state index in [2.05, 4.69) is 5.32 Å². The Morgan fingerprint density at radius 2 is 2.16 bits per heavy atom. The fourth-order valence-electron chi connectivity index (χ4n) is 3.07. The molecular weight excluding hydrogens is 244 g/mol. The Kier molecular flexibility index (Phi) is 3.49. The van der Waals surface area contributed by atoms with Crippen molar-refractivity contribution in [2.75, 3.05) is 13.1 Å². The molecule has 2 fully saturated rings. The molecule has 2 unspecified atom stereocenters. The molecule has 2 atom stereocenters. The van der Waals surface area contributed by atoms with Gasteiger partial charge in [0.2, 0.25) is 5.91 Å².